The third kappa shape index (κ3) is 5.78. The summed E-state index contributed by atoms with van der Waals surface area (Å²) in [6.07, 6.45) is 4.42. The molecule has 0 radical (unpaired) electrons. The quantitative estimate of drug-likeness (QED) is 0.458. The molecule has 0 aromatic heterocycles. The molecule has 0 spiro atoms. The predicted octanol–water partition coefficient (Wildman–Crippen LogP) is -0.225. The normalized spacial score (nSPS) is 30.4. The molecule has 1 heterocycles. The van der Waals surface area contributed by atoms with E-state index in [0.717, 1.165) is 25.9 Å². The van der Waals surface area contributed by atoms with Gasteiger partial charge in [-0.15, -0.1) is 0 Å². The van der Waals surface area contributed by atoms with Gasteiger partial charge in [0.2, 0.25) is 5.91 Å². The first-order valence-electron chi connectivity index (χ1n) is 8.73. The van der Waals surface area contributed by atoms with Crippen molar-refractivity contribution in [3.8, 4) is 0 Å². The van der Waals surface area contributed by atoms with Crippen LogP contribution in [0.25, 0.3) is 0 Å². The van der Waals surface area contributed by atoms with E-state index in [1.807, 2.05) is 6.08 Å². The molecule has 0 unspecified atom stereocenters. The number of methoxy groups -OCH3 is 1. The summed E-state index contributed by atoms with van der Waals surface area (Å²) in [5.74, 6) is 0.431. The second kappa shape index (κ2) is 9.86. The number of piperidine rings is 1. The third-order valence-electron chi connectivity index (χ3n) is 4.66. The standard InChI is InChI=1S/C17H29N3O5/c1-12(22)19-17-15(18)8-14(25-11-21)9-16(17)20-5-3-4-13(10-20)24-7-6-23-2/h9,11,13,15-17H,3-8,10,18H2,1-2H3,(H,19,22)/t13-,15+,16-,17-/m1/s1. The molecule has 8 nitrogen and oxygen atoms in total. The highest BCUT2D eigenvalue weighted by atomic mass is 16.5. The number of rotatable bonds is 8. The van der Waals surface area contributed by atoms with Crippen LogP contribution in [0.15, 0.2) is 11.8 Å². The van der Waals surface area contributed by atoms with Crippen molar-refractivity contribution in [2.75, 3.05) is 33.4 Å². The van der Waals surface area contributed by atoms with Crippen molar-refractivity contribution in [3.05, 3.63) is 11.8 Å². The maximum absolute atomic E-state index is 11.6. The van der Waals surface area contributed by atoms with Crippen LogP contribution in [0.5, 0.6) is 0 Å². The van der Waals surface area contributed by atoms with Crippen LogP contribution in [0.1, 0.15) is 26.2 Å². The predicted molar refractivity (Wildman–Crippen MR) is 91.6 cm³/mol. The summed E-state index contributed by atoms with van der Waals surface area (Å²) in [4.78, 5) is 24.5. The lowest BCUT2D eigenvalue weighted by molar-refractivity contribution is -0.126. The number of likely N-dealkylation sites (tertiary alicyclic amines) is 1. The third-order valence-corrected chi connectivity index (χ3v) is 4.66. The fourth-order valence-electron chi connectivity index (χ4n) is 3.55. The fraction of sp³-hybridized carbons (Fsp3) is 0.765. The Morgan fingerprint density at radius 3 is 2.96 bits per heavy atom. The lowest BCUT2D eigenvalue weighted by Gasteiger charge is -2.44. The Morgan fingerprint density at radius 2 is 2.28 bits per heavy atom. The lowest BCUT2D eigenvalue weighted by atomic mass is 9.88. The number of hydrogen-bond donors (Lipinski definition) is 2. The summed E-state index contributed by atoms with van der Waals surface area (Å²) in [7, 11) is 1.65. The van der Waals surface area contributed by atoms with Crippen molar-refractivity contribution in [1.82, 2.24) is 10.2 Å². The van der Waals surface area contributed by atoms with Crippen molar-refractivity contribution >= 4 is 12.4 Å². The molecule has 3 N–H and O–H groups in total. The number of amides is 1. The second-order valence-corrected chi connectivity index (χ2v) is 6.55. The van der Waals surface area contributed by atoms with Gasteiger partial charge < -0.3 is 25.3 Å². The van der Waals surface area contributed by atoms with Gasteiger partial charge in [0.1, 0.15) is 5.76 Å². The van der Waals surface area contributed by atoms with Gasteiger partial charge in [0, 0.05) is 33.0 Å². The van der Waals surface area contributed by atoms with E-state index in [4.69, 9.17) is 19.9 Å². The summed E-state index contributed by atoms with van der Waals surface area (Å²) >= 11 is 0. The van der Waals surface area contributed by atoms with E-state index in [2.05, 4.69) is 10.2 Å². The number of nitrogens with zero attached hydrogens (tertiary/aromatic N) is 1. The molecule has 2 rings (SSSR count). The van der Waals surface area contributed by atoms with E-state index >= 15 is 0 Å². The summed E-state index contributed by atoms with van der Waals surface area (Å²) in [6, 6.07) is -0.672. The van der Waals surface area contributed by atoms with E-state index in [0.29, 0.717) is 31.9 Å². The molecule has 1 fully saturated rings. The van der Waals surface area contributed by atoms with Crippen LogP contribution in [0.3, 0.4) is 0 Å². The van der Waals surface area contributed by atoms with Crippen LogP contribution in [0.2, 0.25) is 0 Å². The van der Waals surface area contributed by atoms with E-state index in [1.54, 1.807) is 7.11 Å². The molecular formula is C17H29N3O5. The van der Waals surface area contributed by atoms with Gasteiger partial charge in [-0.25, -0.2) is 0 Å². The minimum Gasteiger partial charge on any atom is -0.434 e. The van der Waals surface area contributed by atoms with Gasteiger partial charge in [-0.05, 0) is 25.5 Å². The van der Waals surface area contributed by atoms with E-state index in [9.17, 15) is 9.59 Å². The summed E-state index contributed by atoms with van der Waals surface area (Å²) in [5.41, 5.74) is 6.25. The minimum atomic E-state index is -0.316. The SMILES string of the molecule is COCCO[C@@H]1CCCN([C@@H]2C=C(OC=O)C[C@H](N)[C@H]2NC(C)=O)C1. The van der Waals surface area contributed by atoms with Crippen molar-refractivity contribution in [2.45, 2.75) is 50.4 Å². The number of nitrogens with one attached hydrogen (secondary N) is 1. The second-order valence-electron chi connectivity index (χ2n) is 6.55. The monoisotopic (exact) mass is 355 g/mol. The Hall–Kier alpha value is -1.48. The minimum absolute atomic E-state index is 0.115. The highest BCUT2D eigenvalue weighted by Gasteiger charge is 2.38. The topological polar surface area (TPSA) is 103 Å². The van der Waals surface area contributed by atoms with E-state index in [1.165, 1.54) is 6.92 Å². The van der Waals surface area contributed by atoms with Gasteiger partial charge in [0.15, 0.2) is 0 Å². The average Bonchev–Trinajstić information content (AvgIpc) is 2.57. The van der Waals surface area contributed by atoms with Crippen LogP contribution in [0.4, 0.5) is 0 Å². The molecule has 0 aromatic rings. The van der Waals surface area contributed by atoms with Crippen molar-refractivity contribution in [2.24, 2.45) is 5.73 Å². The van der Waals surface area contributed by atoms with Crippen LogP contribution in [0, 0.1) is 0 Å². The maximum atomic E-state index is 11.6. The number of carbonyl (C=O) groups excluding carboxylic acids is 2. The highest BCUT2D eigenvalue weighted by Crippen LogP contribution is 2.26. The Kier molecular flexibility index (Phi) is 7.83. The molecule has 142 valence electrons. The van der Waals surface area contributed by atoms with Crippen LogP contribution in [-0.2, 0) is 23.8 Å². The van der Waals surface area contributed by atoms with Crippen molar-refractivity contribution < 1.29 is 23.8 Å². The molecule has 8 heteroatoms. The molecular weight excluding hydrogens is 326 g/mol. The van der Waals surface area contributed by atoms with Gasteiger partial charge in [-0.1, -0.05) is 0 Å². The maximum Gasteiger partial charge on any atom is 0.298 e. The van der Waals surface area contributed by atoms with E-state index < -0.39 is 0 Å². The van der Waals surface area contributed by atoms with E-state index in [-0.39, 0.29) is 30.1 Å². The zero-order valence-electron chi connectivity index (χ0n) is 15.0. The van der Waals surface area contributed by atoms with Crippen molar-refractivity contribution in [3.63, 3.8) is 0 Å². The number of ether oxygens (including phenoxy) is 3. The Balaban J connectivity index is 2.10. The first-order chi connectivity index (χ1) is 12.0. The zero-order chi connectivity index (χ0) is 18.2. The van der Waals surface area contributed by atoms with Crippen LogP contribution >= 0.6 is 0 Å². The van der Waals surface area contributed by atoms with Gasteiger partial charge in [-0.3, -0.25) is 14.5 Å². The molecule has 1 amide bonds. The average molecular weight is 355 g/mol. The van der Waals surface area contributed by atoms with Gasteiger partial charge in [0.05, 0.1) is 31.4 Å². The van der Waals surface area contributed by atoms with Gasteiger partial charge >= 0.3 is 0 Å². The molecule has 1 aliphatic heterocycles. The Morgan fingerprint density at radius 1 is 1.48 bits per heavy atom. The molecule has 2 aliphatic rings. The Labute approximate surface area is 148 Å². The molecule has 1 saturated heterocycles. The zero-order valence-corrected chi connectivity index (χ0v) is 15.0. The smallest absolute Gasteiger partial charge is 0.298 e. The van der Waals surface area contributed by atoms with Crippen LogP contribution in [-0.4, -0.2) is 74.9 Å². The number of carbonyl (C=O) groups is 2. The first-order valence-corrected chi connectivity index (χ1v) is 8.73. The molecule has 25 heavy (non-hydrogen) atoms. The molecule has 0 aromatic carbocycles. The fourth-order valence-corrected chi connectivity index (χ4v) is 3.55. The summed E-state index contributed by atoms with van der Waals surface area (Å²) in [6.45, 7) is 4.64. The Bertz CT molecular complexity index is 485. The molecule has 0 saturated carbocycles. The largest absolute Gasteiger partial charge is 0.434 e. The number of hydrogen-bond acceptors (Lipinski definition) is 7. The molecule has 4 atom stereocenters. The van der Waals surface area contributed by atoms with Crippen molar-refractivity contribution in [1.29, 1.82) is 0 Å². The van der Waals surface area contributed by atoms with Crippen LogP contribution < -0.4 is 11.1 Å². The molecule has 1 aliphatic carbocycles. The molecule has 0 bridgehead atoms. The summed E-state index contributed by atoms with van der Waals surface area (Å²) in [5, 5.41) is 2.95. The highest BCUT2D eigenvalue weighted by molar-refractivity contribution is 5.73. The number of nitrogens with two attached hydrogens (primary N) is 1. The van der Waals surface area contributed by atoms with Gasteiger partial charge in [-0.2, -0.15) is 0 Å². The van der Waals surface area contributed by atoms with Gasteiger partial charge in [0.25, 0.3) is 6.47 Å². The first kappa shape index (κ1) is 19.8. The lowest BCUT2D eigenvalue weighted by Crippen LogP contribution is -2.62. The summed E-state index contributed by atoms with van der Waals surface area (Å²) < 4.78 is 15.9.